The average Bonchev–Trinajstić information content (AvgIpc) is 2.95. The molecule has 0 amide bonds. The number of hydrogen-bond donors (Lipinski definition) is 3. The molecular weight excluding hydrogens is 229 g/mol. The molecule has 0 unspecified atom stereocenters. The first-order valence-corrected chi connectivity index (χ1v) is 4.65. The van der Waals surface area contributed by atoms with Gasteiger partial charge in [0, 0.05) is 33.2 Å². The summed E-state index contributed by atoms with van der Waals surface area (Å²) in [6.07, 6.45) is 9.88. The van der Waals surface area contributed by atoms with Crippen LogP contribution in [0.25, 0.3) is 0 Å². The lowest BCUT2D eigenvalue weighted by molar-refractivity contribution is 1.15. The van der Waals surface area contributed by atoms with E-state index >= 15 is 0 Å². The van der Waals surface area contributed by atoms with Gasteiger partial charge in [-0.05, 0) is 13.8 Å². The Hall–Kier alpha value is -2.74. The number of hydrogen-bond acceptors (Lipinski definition) is 5. The molecule has 3 N–H and O–H groups in total. The van der Waals surface area contributed by atoms with Crippen molar-refractivity contribution in [3.8, 4) is 12.4 Å². The Morgan fingerprint density at radius 1 is 1.00 bits per heavy atom. The van der Waals surface area contributed by atoms with Gasteiger partial charge in [0.2, 0.25) is 0 Å². The molecule has 3 radical (unpaired) electrons. The van der Waals surface area contributed by atoms with Gasteiger partial charge in [-0.3, -0.25) is 0 Å². The molecule has 8 heteroatoms. The van der Waals surface area contributed by atoms with Gasteiger partial charge in [0.15, 0.2) is 12.4 Å². The number of nitriles is 2. The molecule has 0 saturated carbocycles. The summed E-state index contributed by atoms with van der Waals surface area (Å²) < 4.78 is 0. The van der Waals surface area contributed by atoms with Crippen LogP contribution in [0.5, 0.6) is 0 Å². The number of nitrogens with zero attached hydrogens (tertiary/aromatic N) is 4. The summed E-state index contributed by atoms with van der Waals surface area (Å²) in [5.74, 6) is 1.94. The van der Waals surface area contributed by atoms with E-state index in [0.29, 0.717) is 0 Å². The quantitative estimate of drug-likeness (QED) is 0.355. The van der Waals surface area contributed by atoms with Gasteiger partial charge >= 0.3 is 0 Å². The minimum atomic E-state index is 0. The smallest absolute Gasteiger partial charge is 0.190 e. The number of rotatable bonds is 0. The van der Waals surface area contributed by atoms with Gasteiger partial charge in [0.1, 0.15) is 11.6 Å². The Bertz CT molecular complexity index is 405. The number of aromatic nitrogens is 4. The van der Waals surface area contributed by atoms with E-state index in [1.54, 1.807) is 30.1 Å². The van der Waals surface area contributed by atoms with Gasteiger partial charge in [-0.1, -0.05) is 0 Å². The standard InChI is InChI=1S/2C4H6N2.C2HN3.B/c2*1-4-5-2-3-6-4;3-1-5-2-4;/h2*2-3H,1H3,(H,5,6);5H;. The predicted octanol–water partition coefficient (Wildman–Crippen LogP) is 0.594. The second-order valence-corrected chi connectivity index (χ2v) is 2.70. The Balaban J connectivity index is 0. The number of H-pyrrole nitrogens is 2. The summed E-state index contributed by atoms with van der Waals surface area (Å²) in [4.78, 5) is 13.5. The maximum absolute atomic E-state index is 7.48. The van der Waals surface area contributed by atoms with Gasteiger partial charge < -0.3 is 9.97 Å². The van der Waals surface area contributed by atoms with Crippen LogP contribution < -0.4 is 5.32 Å². The highest BCUT2D eigenvalue weighted by Crippen LogP contribution is 1.79. The zero-order valence-electron chi connectivity index (χ0n) is 10.2. The Kier molecular flexibility index (Phi) is 12.1. The van der Waals surface area contributed by atoms with Gasteiger partial charge in [0.25, 0.3) is 0 Å². The Morgan fingerprint density at radius 2 is 1.39 bits per heavy atom. The van der Waals surface area contributed by atoms with Crippen LogP contribution in [0.2, 0.25) is 0 Å². The van der Waals surface area contributed by atoms with Crippen molar-refractivity contribution < 1.29 is 0 Å². The molecule has 0 aliphatic carbocycles. The van der Waals surface area contributed by atoms with Crippen LogP contribution in [0, 0.1) is 36.8 Å². The first kappa shape index (κ1) is 17.7. The monoisotopic (exact) mass is 242 g/mol. The summed E-state index contributed by atoms with van der Waals surface area (Å²) in [5.41, 5.74) is 0. The highest BCUT2D eigenvalue weighted by molar-refractivity contribution is 5.75. The zero-order chi connectivity index (χ0) is 12.9. The van der Waals surface area contributed by atoms with Crippen molar-refractivity contribution in [2.75, 3.05) is 0 Å². The molecule has 18 heavy (non-hydrogen) atoms. The SMILES string of the molecule is Cc1ncc[nH]1.Cc1ncc[nH]1.N#CNC#N.[B]. The molecule has 2 aromatic heterocycles. The molecule has 0 saturated heterocycles. The van der Waals surface area contributed by atoms with Crippen LogP contribution in [-0.2, 0) is 0 Å². The summed E-state index contributed by atoms with van der Waals surface area (Å²) in [6.45, 7) is 3.83. The minimum absolute atomic E-state index is 0. The maximum atomic E-state index is 7.48. The number of aryl methyl sites for hydroxylation is 2. The fourth-order valence-corrected chi connectivity index (χ4v) is 0.713. The van der Waals surface area contributed by atoms with E-state index in [-0.39, 0.29) is 8.41 Å². The van der Waals surface area contributed by atoms with Crippen LogP contribution >= 0.6 is 0 Å². The van der Waals surface area contributed by atoms with E-state index in [1.165, 1.54) is 12.4 Å². The van der Waals surface area contributed by atoms with Crippen LogP contribution in [0.4, 0.5) is 0 Å². The number of nitrogens with one attached hydrogen (secondary N) is 3. The van der Waals surface area contributed by atoms with Crippen molar-refractivity contribution >= 4 is 8.41 Å². The lowest BCUT2D eigenvalue weighted by Gasteiger charge is -1.68. The number of aromatic amines is 2. The third-order valence-corrected chi connectivity index (χ3v) is 1.38. The van der Waals surface area contributed by atoms with Crippen LogP contribution in [0.1, 0.15) is 11.6 Å². The van der Waals surface area contributed by atoms with Crippen molar-refractivity contribution in [1.29, 1.82) is 10.5 Å². The summed E-state index contributed by atoms with van der Waals surface area (Å²) in [5, 5.41) is 16.7. The van der Waals surface area contributed by atoms with Gasteiger partial charge in [0.05, 0.1) is 0 Å². The van der Waals surface area contributed by atoms with Crippen molar-refractivity contribution in [3.05, 3.63) is 36.4 Å². The number of imidazole rings is 2. The highest BCUT2D eigenvalue weighted by Gasteiger charge is 1.74. The molecule has 7 nitrogen and oxygen atoms in total. The van der Waals surface area contributed by atoms with Crippen molar-refractivity contribution in [1.82, 2.24) is 25.3 Å². The summed E-state index contributed by atoms with van der Waals surface area (Å²) in [7, 11) is 0. The molecule has 2 rings (SSSR count). The van der Waals surface area contributed by atoms with E-state index in [2.05, 4.69) is 19.9 Å². The fraction of sp³-hybridized carbons (Fsp3) is 0.200. The average molecular weight is 242 g/mol. The van der Waals surface area contributed by atoms with Crippen molar-refractivity contribution in [3.63, 3.8) is 0 Å². The fourth-order valence-electron chi connectivity index (χ4n) is 0.713. The van der Waals surface area contributed by atoms with Crippen LogP contribution in [0.15, 0.2) is 24.8 Å². The van der Waals surface area contributed by atoms with Gasteiger partial charge in [-0.25, -0.2) is 15.3 Å². The van der Waals surface area contributed by atoms with E-state index in [4.69, 9.17) is 10.5 Å². The van der Waals surface area contributed by atoms with Crippen molar-refractivity contribution in [2.45, 2.75) is 13.8 Å². The summed E-state index contributed by atoms with van der Waals surface area (Å²) >= 11 is 0. The molecule has 91 valence electrons. The molecule has 0 aliphatic rings. The van der Waals surface area contributed by atoms with E-state index < -0.39 is 0 Å². The highest BCUT2D eigenvalue weighted by atomic mass is 14.9. The third-order valence-electron chi connectivity index (χ3n) is 1.38. The first-order chi connectivity index (χ1) is 8.20. The topological polar surface area (TPSA) is 117 Å². The predicted molar refractivity (Wildman–Crippen MR) is 66.8 cm³/mol. The maximum Gasteiger partial charge on any atom is 0.190 e. The van der Waals surface area contributed by atoms with E-state index in [1.807, 2.05) is 13.8 Å². The first-order valence-electron chi connectivity index (χ1n) is 4.65. The zero-order valence-corrected chi connectivity index (χ0v) is 10.2. The van der Waals surface area contributed by atoms with Crippen LogP contribution in [-0.4, -0.2) is 28.3 Å². The molecular formula is C10H13BN7. The molecule has 0 spiro atoms. The largest absolute Gasteiger partial charge is 0.349 e. The minimum Gasteiger partial charge on any atom is -0.349 e. The molecule has 0 fully saturated rings. The third kappa shape index (κ3) is 11.3. The van der Waals surface area contributed by atoms with Gasteiger partial charge in [-0.15, -0.1) is 0 Å². The molecule has 0 bridgehead atoms. The molecule has 0 aromatic carbocycles. The second-order valence-electron chi connectivity index (χ2n) is 2.70. The van der Waals surface area contributed by atoms with Crippen LogP contribution in [0.3, 0.4) is 0 Å². The lowest BCUT2D eigenvalue weighted by Crippen LogP contribution is -1.88. The van der Waals surface area contributed by atoms with Crippen molar-refractivity contribution in [2.24, 2.45) is 0 Å². The molecule has 0 aliphatic heterocycles. The summed E-state index contributed by atoms with van der Waals surface area (Å²) in [6, 6.07) is 0. The Morgan fingerprint density at radius 3 is 1.44 bits per heavy atom. The lowest BCUT2D eigenvalue weighted by atomic mass is 10.8. The second kappa shape index (κ2) is 12.3. The molecule has 2 aromatic rings. The Labute approximate surface area is 107 Å². The van der Waals surface area contributed by atoms with E-state index in [0.717, 1.165) is 11.6 Å². The normalized spacial score (nSPS) is 6.89. The molecule has 2 heterocycles. The van der Waals surface area contributed by atoms with E-state index in [9.17, 15) is 0 Å². The van der Waals surface area contributed by atoms with Gasteiger partial charge in [-0.2, -0.15) is 10.5 Å². The molecule has 0 atom stereocenters.